The second-order valence-electron chi connectivity index (χ2n) is 6.89. The average molecular weight is 475 g/mol. The van der Waals surface area contributed by atoms with E-state index in [-0.39, 0.29) is 28.7 Å². The standard InChI is InChI=1S/C23H23FN2O6S/c1-30-20-11-7-17(14-19(20)26-33(28,29)18-8-5-16(24)6-9-18)25-23(27)13-15-4-10-21(31-2)22(12-15)32-3/h4-12,14,26H,13H2,1-3H3,(H,25,27). The van der Waals surface area contributed by atoms with E-state index in [0.717, 1.165) is 24.3 Å². The van der Waals surface area contributed by atoms with E-state index in [1.165, 1.54) is 33.5 Å². The minimum absolute atomic E-state index is 0.0586. The van der Waals surface area contributed by atoms with Gasteiger partial charge in [-0.25, -0.2) is 12.8 Å². The minimum atomic E-state index is -4.01. The van der Waals surface area contributed by atoms with Crippen LogP contribution in [0.1, 0.15) is 5.56 Å². The van der Waals surface area contributed by atoms with Crippen LogP contribution in [-0.4, -0.2) is 35.7 Å². The summed E-state index contributed by atoms with van der Waals surface area (Å²) >= 11 is 0. The Kier molecular flexibility index (Phi) is 7.39. The monoisotopic (exact) mass is 474 g/mol. The van der Waals surface area contributed by atoms with Gasteiger partial charge < -0.3 is 19.5 Å². The third-order valence-corrected chi connectivity index (χ3v) is 6.05. The topological polar surface area (TPSA) is 103 Å². The van der Waals surface area contributed by atoms with Crippen LogP contribution in [0.15, 0.2) is 65.6 Å². The van der Waals surface area contributed by atoms with Crippen molar-refractivity contribution < 1.29 is 31.8 Å². The molecule has 0 heterocycles. The Morgan fingerprint density at radius 3 is 2.12 bits per heavy atom. The third-order valence-electron chi connectivity index (χ3n) is 4.66. The zero-order chi connectivity index (χ0) is 24.0. The van der Waals surface area contributed by atoms with Gasteiger partial charge in [0.1, 0.15) is 11.6 Å². The number of rotatable bonds is 9. The highest BCUT2D eigenvalue weighted by molar-refractivity contribution is 7.92. The van der Waals surface area contributed by atoms with Crippen LogP contribution in [0, 0.1) is 5.82 Å². The summed E-state index contributed by atoms with van der Waals surface area (Å²) in [6.07, 6.45) is 0.0586. The van der Waals surface area contributed by atoms with Crippen LogP contribution in [0.5, 0.6) is 17.2 Å². The normalized spacial score (nSPS) is 10.9. The van der Waals surface area contributed by atoms with E-state index in [1.54, 1.807) is 24.3 Å². The maximum atomic E-state index is 13.1. The molecule has 0 aliphatic rings. The van der Waals surface area contributed by atoms with Gasteiger partial charge in [0.2, 0.25) is 5.91 Å². The lowest BCUT2D eigenvalue weighted by Gasteiger charge is -2.14. The van der Waals surface area contributed by atoms with E-state index >= 15 is 0 Å². The number of amides is 1. The number of halogens is 1. The Bertz CT molecular complexity index is 1250. The molecule has 0 aromatic heterocycles. The molecule has 0 aliphatic heterocycles. The van der Waals surface area contributed by atoms with Gasteiger partial charge in [0.15, 0.2) is 11.5 Å². The molecule has 10 heteroatoms. The Morgan fingerprint density at radius 1 is 0.848 bits per heavy atom. The Hall–Kier alpha value is -3.79. The first-order chi connectivity index (χ1) is 15.7. The lowest BCUT2D eigenvalue weighted by Crippen LogP contribution is -2.16. The number of sulfonamides is 1. The number of hydrogen-bond donors (Lipinski definition) is 2. The van der Waals surface area contributed by atoms with Crippen LogP contribution < -0.4 is 24.2 Å². The maximum Gasteiger partial charge on any atom is 0.262 e. The van der Waals surface area contributed by atoms with Crippen molar-refractivity contribution in [3.05, 3.63) is 72.0 Å². The summed E-state index contributed by atoms with van der Waals surface area (Å²) in [7, 11) is 0.414. The number of ether oxygens (including phenoxy) is 3. The molecule has 0 aliphatic carbocycles. The number of benzene rings is 3. The van der Waals surface area contributed by atoms with Gasteiger partial charge in [0.25, 0.3) is 10.0 Å². The predicted molar refractivity (Wildman–Crippen MR) is 122 cm³/mol. The number of carbonyl (C=O) groups excluding carboxylic acids is 1. The Balaban J connectivity index is 1.77. The average Bonchev–Trinajstić information content (AvgIpc) is 2.79. The van der Waals surface area contributed by atoms with E-state index in [2.05, 4.69) is 10.0 Å². The lowest BCUT2D eigenvalue weighted by molar-refractivity contribution is -0.115. The van der Waals surface area contributed by atoms with Crippen molar-refractivity contribution in [3.63, 3.8) is 0 Å². The lowest BCUT2D eigenvalue weighted by atomic mass is 10.1. The number of anilines is 2. The van der Waals surface area contributed by atoms with Crippen molar-refractivity contribution in [2.75, 3.05) is 31.4 Å². The van der Waals surface area contributed by atoms with E-state index in [1.807, 2.05) is 0 Å². The molecule has 2 N–H and O–H groups in total. The van der Waals surface area contributed by atoms with Crippen molar-refractivity contribution in [1.29, 1.82) is 0 Å². The van der Waals surface area contributed by atoms with Crippen molar-refractivity contribution in [2.24, 2.45) is 0 Å². The predicted octanol–water partition coefficient (Wildman–Crippen LogP) is 3.83. The maximum absolute atomic E-state index is 13.1. The molecule has 0 bridgehead atoms. The summed E-state index contributed by atoms with van der Waals surface area (Å²) < 4.78 is 56.6. The molecule has 174 valence electrons. The second-order valence-corrected chi connectivity index (χ2v) is 8.57. The summed E-state index contributed by atoms with van der Waals surface area (Å²) in [5.74, 6) is 0.434. The molecular formula is C23H23FN2O6S. The number of carbonyl (C=O) groups is 1. The number of nitrogens with one attached hydrogen (secondary N) is 2. The number of methoxy groups -OCH3 is 3. The molecule has 3 aromatic rings. The molecule has 0 fully saturated rings. The number of hydrogen-bond acceptors (Lipinski definition) is 6. The van der Waals surface area contributed by atoms with Crippen LogP contribution in [0.3, 0.4) is 0 Å². The van der Waals surface area contributed by atoms with E-state index < -0.39 is 15.8 Å². The third kappa shape index (κ3) is 5.92. The van der Waals surface area contributed by atoms with Crippen molar-refractivity contribution in [2.45, 2.75) is 11.3 Å². The summed E-state index contributed by atoms with van der Waals surface area (Å²) in [5.41, 5.74) is 1.18. The highest BCUT2D eigenvalue weighted by Gasteiger charge is 2.18. The quantitative estimate of drug-likeness (QED) is 0.489. The molecular weight excluding hydrogens is 451 g/mol. The van der Waals surface area contributed by atoms with E-state index in [4.69, 9.17) is 14.2 Å². The molecule has 0 saturated heterocycles. The molecule has 0 saturated carbocycles. The minimum Gasteiger partial charge on any atom is -0.495 e. The van der Waals surface area contributed by atoms with Crippen LogP contribution in [0.2, 0.25) is 0 Å². The molecule has 0 unspecified atom stereocenters. The first-order valence-corrected chi connectivity index (χ1v) is 11.2. The van der Waals surface area contributed by atoms with E-state index in [9.17, 15) is 17.6 Å². The Labute approximate surface area is 191 Å². The fraction of sp³-hybridized carbons (Fsp3) is 0.174. The smallest absolute Gasteiger partial charge is 0.262 e. The summed E-state index contributed by atoms with van der Waals surface area (Å²) in [5, 5.41) is 2.73. The van der Waals surface area contributed by atoms with Gasteiger partial charge in [-0.2, -0.15) is 0 Å². The summed E-state index contributed by atoms with van der Waals surface area (Å²) in [6, 6.07) is 14.1. The summed E-state index contributed by atoms with van der Waals surface area (Å²) in [4.78, 5) is 12.4. The molecule has 0 spiro atoms. The van der Waals surface area contributed by atoms with Gasteiger partial charge in [-0.1, -0.05) is 6.07 Å². The van der Waals surface area contributed by atoms with Crippen molar-refractivity contribution in [3.8, 4) is 17.2 Å². The van der Waals surface area contributed by atoms with Crippen molar-refractivity contribution in [1.82, 2.24) is 0 Å². The molecule has 33 heavy (non-hydrogen) atoms. The van der Waals surface area contributed by atoms with E-state index in [0.29, 0.717) is 22.7 Å². The zero-order valence-corrected chi connectivity index (χ0v) is 19.0. The van der Waals surface area contributed by atoms with Crippen LogP contribution in [-0.2, 0) is 21.2 Å². The van der Waals surface area contributed by atoms with Crippen LogP contribution in [0.25, 0.3) is 0 Å². The molecule has 3 aromatic carbocycles. The van der Waals surface area contributed by atoms with Gasteiger partial charge in [0, 0.05) is 5.69 Å². The first-order valence-electron chi connectivity index (χ1n) is 9.73. The molecule has 1 amide bonds. The van der Waals surface area contributed by atoms with Gasteiger partial charge in [-0.05, 0) is 60.2 Å². The first kappa shape index (κ1) is 23.9. The fourth-order valence-electron chi connectivity index (χ4n) is 3.06. The Morgan fingerprint density at radius 2 is 1.48 bits per heavy atom. The SMILES string of the molecule is COc1ccc(NC(=O)Cc2ccc(OC)c(OC)c2)cc1NS(=O)(=O)c1ccc(F)cc1. The molecule has 0 atom stereocenters. The highest BCUT2D eigenvalue weighted by Crippen LogP contribution is 2.31. The second kappa shape index (κ2) is 10.2. The largest absolute Gasteiger partial charge is 0.495 e. The van der Waals surface area contributed by atoms with Gasteiger partial charge in [0.05, 0.1) is 38.3 Å². The molecule has 3 rings (SSSR count). The van der Waals surface area contributed by atoms with Crippen LogP contribution >= 0.6 is 0 Å². The van der Waals surface area contributed by atoms with Crippen molar-refractivity contribution >= 4 is 27.3 Å². The summed E-state index contributed by atoms with van der Waals surface area (Å²) in [6.45, 7) is 0. The van der Waals surface area contributed by atoms with Gasteiger partial charge >= 0.3 is 0 Å². The van der Waals surface area contributed by atoms with Gasteiger partial charge in [-0.15, -0.1) is 0 Å². The van der Waals surface area contributed by atoms with Gasteiger partial charge in [-0.3, -0.25) is 9.52 Å². The highest BCUT2D eigenvalue weighted by atomic mass is 32.2. The molecule has 8 nitrogen and oxygen atoms in total. The zero-order valence-electron chi connectivity index (χ0n) is 18.2. The van der Waals surface area contributed by atoms with Crippen LogP contribution in [0.4, 0.5) is 15.8 Å². The fourth-order valence-corrected chi connectivity index (χ4v) is 4.13. The molecule has 0 radical (unpaired) electrons.